The van der Waals surface area contributed by atoms with Gasteiger partial charge >= 0.3 is 0 Å². The summed E-state index contributed by atoms with van der Waals surface area (Å²) in [4.78, 5) is 4.14. The summed E-state index contributed by atoms with van der Waals surface area (Å²) in [6.07, 6.45) is 2.19. The Balaban J connectivity index is 2.07. The van der Waals surface area contributed by atoms with E-state index in [9.17, 15) is 8.78 Å². The molecule has 106 valence electrons. The van der Waals surface area contributed by atoms with Crippen molar-refractivity contribution in [2.24, 2.45) is 5.73 Å². The Morgan fingerprint density at radius 1 is 1.20 bits per heavy atom. The van der Waals surface area contributed by atoms with Crippen LogP contribution in [0.15, 0.2) is 34.9 Å². The van der Waals surface area contributed by atoms with Crippen LogP contribution in [0.1, 0.15) is 11.3 Å². The zero-order valence-corrected chi connectivity index (χ0v) is 12.2. The van der Waals surface area contributed by atoms with Gasteiger partial charge in [0, 0.05) is 12.1 Å². The van der Waals surface area contributed by atoms with Gasteiger partial charge in [0.05, 0.1) is 16.2 Å². The van der Waals surface area contributed by atoms with Gasteiger partial charge in [-0.1, -0.05) is 0 Å². The molecule has 0 radical (unpaired) electrons. The van der Waals surface area contributed by atoms with E-state index < -0.39 is 11.6 Å². The highest BCUT2D eigenvalue weighted by atomic mass is 79.9. The summed E-state index contributed by atoms with van der Waals surface area (Å²) in [6.45, 7) is 0.316. The maximum absolute atomic E-state index is 13.7. The number of nitrogens with zero attached hydrogens (tertiary/aromatic N) is 1. The second kappa shape index (κ2) is 6.76. The summed E-state index contributed by atoms with van der Waals surface area (Å²) in [6, 6.07) is 5.98. The standard InChI is InChI=1S/C14H13BrF2N2O/c15-12-3-4-13(16)11(14(12)17)8-20-10-2-1-9(5-6-18)19-7-10/h1-4,7H,5-6,8,18H2. The molecule has 3 nitrogen and oxygen atoms in total. The van der Waals surface area contributed by atoms with Crippen molar-refractivity contribution < 1.29 is 13.5 Å². The predicted molar refractivity (Wildman–Crippen MR) is 75.4 cm³/mol. The SMILES string of the molecule is NCCc1ccc(OCc2c(F)ccc(Br)c2F)cn1. The van der Waals surface area contributed by atoms with Crippen molar-refractivity contribution in [1.82, 2.24) is 4.98 Å². The first-order chi connectivity index (χ1) is 9.61. The summed E-state index contributed by atoms with van der Waals surface area (Å²) >= 11 is 3.01. The third-order valence-corrected chi connectivity index (χ3v) is 3.33. The molecule has 0 amide bonds. The third-order valence-electron chi connectivity index (χ3n) is 2.72. The molecule has 2 rings (SSSR count). The molecular weight excluding hydrogens is 330 g/mol. The molecule has 0 aliphatic rings. The highest BCUT2D eigenvalue weighted by Crippen LogP contribution is 2.23. The minimum atomic E-state index is -0.655. The summed E-state index contributed by atoms with van der Waals surface area (Å²) in [5, 5.41) is 0. The van der Waals surface area contributed by atoms with Gasteiger partial charge in [0.15, 0.2) is 0 Å². The summed E-state index contributed by atoms with van der Waals surface area (Å²) in [5.41, 5.74) is 6.15. The molecule has 20 heavy (non-hydrogen) atoms. The van der Waals surface area contributed by atoms with E-state index in [-0.39, 0.29) is 16.6 Å². The van der Waals surface area contributed by atoms with Gasteiger partial charge in [0.1, 0.15) is 24.0 Å². The minimum Gasteiger partial charge on any atom is -0.487 e. The molecule has 1 aromatic heterocycles. The van der Waals surface area contributed by atoms with Crippen LogP contribution < -0.4 is 10.5 Å². The Bertz CT molecular complexity index is 590. The third kappa shape index (κ3) is 3.52. The molecule has 0 saturated heterocycles. The maximum Gasteiger partial charge on any atom is 0.146 e. The molecule has 1 heterocycles. The van der Waals surface area contributed by atoms with E-state index in [0.717, 1.165) is 5.69 Å². The Hall–Kier alpha value is -1.53. The fourth-order valence-corrected chi connectivity index (χ4v) is 2.02. The van der Waals surface area contributed by atoms with Crippen LogP contribution in [0.25, 0.3) is 0 Å². The molecule has 1 aromatic carbocycles. The lowest BCUT2D eigenvalue weighted by Crippen LogP contribution is -2.05. The Kier molecular flexibility index (Phi) is 5.03. The zero-order valence-electron chi connectivity index (χ0n) is 10.6. The van der Waals surface area contributed by atoms with Crippen LogP contribution >= 0.6 is 15.9 Å². The van der Waals surface area contributed by atoms with Crippen LogP contribution in [0.3, 0.4) is 0 Å². The van der Waals surface area contributed by atoms with Crippen molar-refractivity contribution >= 4 is 15.9 Å². The molecule has 0 unspecified atom stereocenters. The average Bonchev–Trinajstić information content (AvgIpc) is 2.45. The first kappa shape index (κ1) is 14.9. The van der Waals surface area contributed by atoms with Crippen molar-refractivity contribution in [1.29, 1.82) is 0 Å². The molecule has 0 bridgehead atoms. The number of hydrogen-bond donors (Lipinski definition) is 1. The van der Waals surface area contributed by atoms with Gasteiger partial charge in [0.2, 0.25) is 0 Å². The van der Waals surface area contributed by atoms with Crippen LogP contribution in [0.4, 0.5) is 8.78 Å². The number of hydrogen-bond acceptors (Lipinski definition) is 3. The number of aromatic nitrogens is 1. The summed E-state index contributed by atoms with van der Waals surface area (Å²) in [5.74, 6) is -0.847. The van der Waals surface area contributed by atoms with E-state index in [1.807, 2.05) is 0 Å². The molecule has 0 fully saturated rings. The molecule has 0 atom stereocenters. The molecule has 6 heteroatoms. The van der Waals surface area contributed by atoms with E-state index in [2.05, 4.69) is 20.9 Å². The number of benzene rings is 1. The van der Waals surface area contributed by atoms with E-state index >= 15 is 0 Å². The van der Waals surface area contributed by atoms with E-state index in [1.165, 1.54) is 18.3 Å². The topological polar surface area (TPSA) is 48.1 Å². The normalized spacial score (nSPS) is 10.6. The molecule has 0 saturated carbocycles. The predicted octanol–water partition coefficient (Wildman–Crippen LogP) is 3.20. The fraction of sp³-hybridized carbons (Fsp3) is 0.214. The van der Waals surface area contributed by atoms with Gasteiger partial charge in [-0.25, -0.2) is 8.78 Å². The highest BCUT2D eigenvalue weighted by molar-refractivity contribution is 9.10. The zero-order chi connectivity index (χ0) is 14.5. The quantitative estimate of drug-likeness (QED) is 0.849. The maximum atomic E-state index is 13.7. The minimum absolute atomic E-state index is 0.120. The largest absolute Gasteiger partial charge is 0.487 e. The Labute approximate surface area is 123 Å². The molecule has 2 N–H and O–H groups in total. The Morgan fingerprint density at radius 2 is 2.00 bits per heavy atom. The summed E-state index contributed by atoms with van der Waals surface area (Å²) < 4.78 is 32.8. The second-order valence-corrected chi connectivity index (χ2v) is 4.99. The molecule has 2 aromatic rings. The van der Waals surface area contributed by atoms with Crippen molar-refractivity contribution in [3.63, 3.8) is 0 Å². The number of nitrogens with two attached hydrogens (primary N) is 1. The number of ether oxygens (including phenoxy) is 1. The average molecular weight is 343 g/mol. The highest BCUT2D eigenvalue weighted by Gasteiger charge is 2.13. The fourth-order valence-electron chi connectivity index (χ4n) is 1.65. The van der Waals surface area contributed by atoms with Gasteiger partial charge in [-0.05, 0) is 46.7 Å². The van der Waals surface area contributed by atoms with Crippen molar-refractivity contribution in [2.45, 2.75) is 13.0 Å². The number of pyridine rings is 1. The number of halogens is 3. The van der Waals surface area contributed by atoms with Crippen molar-refractivity contribution in [2.75, 3.05) is 6.54 Å². The van der Waals surface area contributed by atoms with Gasteiger partial charge in [0.25, 0.3) is 0 Å². The van der Waals surface area contributed by atoms with E-state index in [4.69, 9.17) is 10.5 Å². The van der Waals surface area contributed by atoms with Crippen LogP contribution in [0, 0.1) is 11.6 Å². The lowest BCUT2D eigenvalue weighted by molar-refractivity contribution is 0.291. The van der Waals surface area contributed by atoms with E-state index in [0.29, 0.717) is 18.7 Å². The lowest BCUT2D eigenvalue weighted by atomic mass is 10.2. The van der Waals surface area contributed by atoms with Gasteiger partial charge in [-0.3, -0.25) is 4.98 Å². The van der Waals surface area contributed by atoms with Crippen LogP contribution in [0.2, 0.25) is 0 Å². The van der Waals surface area contributed by atoms with Crippen LogP contribution in [-0.4, -0.2) is 11.5 Å². The number of rotatable bonds is 5. The van der Waals surface area contributed by atoms with Crippen LogP contribution in [-0.2, 0) is 13.0 Å². The summed E-state index contributed by atoms with van der Waals surface area (Å²) in [7, 11) is 0. The first-order valence-corrected chi connectivity index (χ1v) is 6.81. The molecule has 0 spiro atoms. The second-order valence-electron chi connectivity index (χ2n) is 4.13. The monoisotopic (exact) mass is 342 g/mol. The lowest BCUT2D eigenvalue weighted by Gasteiger charge is -2.09. The van der Waals surface area contributed by atoms with Crippen molar-refractivity contribution in [3.8, 4) is 5.75 Å². The smallest absolute Gasteiger partial charge is 0.146 e. The molecular formula is C14H13BrF2N2O. The first-order valence-electron chi connectivity index (χ1n) is 6.02. The van der Waals surface area contributed by atoms with Crippen LogP contribution in [0.5, 0.6) is 5.75 Å². The molecule has 0 aliphatic carbocycles. The van der Waals surface area contributed by atoms with E-state index in [1.54, 1.807) is 12.1 Å². The van der Waals surface area contributed by atoms with Gasteiger partial charge < -0.3 is 10.5 Å². The van der Waals surface area contributed by atoms with Crippen molar-refractivity contribution in [3.05, 3.63) is 57.8 Å². The Morgan fingerprint density at radius 3 is 2.65 bits per heavy atom. The molecule has 0 aliphatic heterocycles. The van der Waals surface area contributed by atoms with Gasteiger partial charge in [-0.2, -0.15) is 0 Å². The van der Waals surface area contributed by atoms with Gasteiger partial charge in [-0.15, -0.1) is 0 Å².